The zero-order valence-electron chi connectivity index (χ0n) is 17.5. The fraction of sp³-hybridized carbons (Fsp3) is 0.435. The first-order chi connectivity index (χ1) is 14.4. The third-order valence-corrected chi connectivity index (χ3v) is 6.80. The van der Waals surface area contributed by atoms with Crippen molar-refractivity contribution in [1.82, 2.24) is 10.6 Å². The molecule has 0 atom stereocenters. The van der Waals surface area contributed by atoms with Gasteiger partial charge in [-0.1, -0.05) is 44.9 Å². The zero-order chi connectivity index (χ0) is 21.6. The van der Waals surface area contributed by atoms with Crippen LogP contribution in [0.4, 0.5) is 5.69 Å². The minimum absolute atomic E-state index is 0.00659. The SMILES string of the molecule is CC(C)c1ccc(NC(=O)C(=O)NCC(=O)NCC2(c3cccs3)CCCC2)cc1. The van der Waals surface area contributed by atoms with Crippen LogP contribution in [0.15, 0.2) is 41.8 Å². The molecule has 6 nitrogen and oxygen atoms in total. The van der Waals surface area contributed by atoms with E-state index in [1.807, 2.05) is 18.2 Å². The quantitative estimate of drug-likeness (QED) is 0.591. The highest BCUT2D eigenvalue weighted by molar-refractivity contribution is 7.10. The maximum atomic E-state index is 12.2. The van der Waals surface area contributed by atoms with E-state index in [0.717, 1.165) is 31.2 Å². The molecule has 7 heteroatoms. The molecule has 0 spiro atoms. The van der Waals surface area contributed by atoms with Gasteiger partial charge in [-0.2, -0.15) is 0 Å². The van der Waals surface area contributed by atoms with Crippen LogP contribution >= 0.6 is 11.3 Å². The molecule has 1 aromatic carbocycles. The number of amides is 3. The largest absolute Gasteiger partial charge is 0.354 e. The Morgan fingerprint density at radius 3 is 2.30 bits per heavy atom. The van der Waals surface area contributed by atoms with Crippen LogP contribution in [0, 0.1) is 0 Å². The summed E-state index contributed by atoms with van der Waals surface area (Å²) >= 11 is 1.72. The predicted octanol–water partition coefficient (Wildman–Crippen LogP) is 3.55. The van der Waals surface area contributed by atoms with E-state index in [1.165, 1.54) is 4.88 Å². The number of thiophene rings is 1. The van der Waals surface area contributed by atoms with Gasteiger partial charge in [0.2, 0.25) is 5.91 Å². The van der Waals surface area contributed by atoms with E-state index in [0.29, 0.717) is 18.2 Å². The summed E-state index contributed by atoms with van der Waals surface area (Å²) < 4.78 is 0. The first kappa shape index (κ1) is 22.0. The zero-order valence-corrected chi connectivity index (χ0v) is 18.3. The second-order valence-corrected chi connectivity index (χ2v) is 9.10. The van der Waals surface area contributed by atoms with Crippen molar-refractivity contribution in [2.24, 2.45) is 0 Å². The molecule has 2 aromatic rings. The molecular formula is C23H29N3O3S. The minimum Gasteiger partial charge on any atom is -0.354 e. The molecule has 0 unspecified atom stereocenters. The van der Waals surface area contributed by atoms with Crippen molar-refractivity contribution in [3.05, 3.63) is 52.2 Å². The van der Waals surface area contributed by atoms with Crippen molar-refractivity contribution in [3.8, 4) is 0 Å². The van der Waals surface area contributed by atoms with Crippen molar-refractivity contribution >= 4 is 34.7 Å². The maximum Gasteiger partial charge on any atom is 0.313 e. The molecule has 1 aliphatic carbocycles. The van der Waals surface area contributed by atoms with Gasteiger partial charge in [0.25, 0.3) is 0 Å². The Morgan fingerprint density at radius 1 is 1.00 bits per heavy atom. The van der Waals surface area contributed by atoms with Gasteiger partial charge in [0.1, 0.15) is 0 Å². The molecule has 160 valence electrons. The predicted molar refractivity (Wildman–Crippen MR) is 120 cm³/mol. The summed E-state index contributed by atoms with van der Waals surface area (Å²) in [5, 5.41) is 9.94. The molecule has 30 heavy (non-hydrogen) atoms. The summed E-state index contributed by atoms with van der Waals surface area (Å²) in [7, 11) is 0. The normalized spacial score (nSPS) is 15.0. The molecule has 1 saturated carbocycles. The number of nitrogens with one attached hydrogen (secondary N) is 3. The van der Waals surface area contributed by atoms with Crippen LogP contribution in [-0.4, -0.2) is 30.8 Å². The second-order valence-electron chi connectivity index (χ2n) is 8.15. The van der Waals surface area contributed by atoms with Gasteiger partial charge in [-0.15, -0.1) is 11.3 Å². The smallest absolute Gasteiger partial charge is 0.313 e. The van der Waals surface area contributed by atoms with Gasteiger partial charge >= 0.3 is 11.8 Å². The van der Waals surface area contributed by atoms with Gasteiger partial charge in [0.15, 0.2) is 0 Å². The molecule has 1 fully saturated rings. The van der Waals surface area contributed by atoms with Gasteiger partial charge in [0, 0.05) is 22.5 Å². The highest BCUT2D eigenvalue weighted by Gasteiger charge is 2.36. The van der Waals surface area contributed by atoms with E-state index < -0.39 is 11.8 Å². The molecule has 3 N–H and O–H groups in total. The van der Waals surface area contributed by atoms with Crippen LogP contribution < -0.4 is 16.0 Å². The summed E-state index contributed by atoms with van der Waals surface area (Å²) in [6.45, 7) is 4.50. The molecule has 3 rings (SSSR count). The van der Waals surface area contributed by atoms with Crippen molar-refractivity contribution in [1.29, 1.82) is 0 Å². The summed E-state index contributed by atoms with van der Waals surface area (Å²) in [5.74, 6) is -1.52. The third kappa shape index (κ3) is 5.48. The van der Waals surface area contributed by atoms with Crippen LogP contribution in [0.25, 0.3) is 0 Å². The highest BCUT2D eigenvalue weighted by Crippen LogP contribution is 2.42. The van der Waals surface area contributed by atoms with E-state index in [2.05, 4.69) is 41.2 Å². The lowest BCUT2D eigenvalue weighted by Gasteiger charge is -2.28. The molecule has 1 heterocycles. The van der Waals surface area contributed by atoms with Crippen LogP contribution in [-0.2, 0) is 19.8 Å². The topological polar surface area (TPSA) is 87.3 Å². The minimum atomic E-state index is -0.827. The average molecular weight is 428 g/mol. The monoisotopic (exact) mass is 427 g/mol. The number of benzene rings is 1. The Kier molecular flexibility index (Phi) is 7.26. The van der Waals surface area contributed by atoms with Crippen molar-refractivity contribution in [2.75, 3.05) is 18.4 Å². The van der Waals surface area contributed by atoms with Crippen LogP contribution in [0.2, 0.25) is 0 Å². The Morgan fingerprint density at radius 2 is 1.70 bits per heavy atom. The van der Waals surface area contributed by atoms with Gasteiger partial charge in [-0.25, -0.2) is 0 Å². The van der Waals surface area contributed by atoms with E-state index in [4.69, 9.17) is 0 Å². The van der Waals surface area contributed by atoms with Gasteiger partial charge in [-0.05, 0) is 47.9 Å². The number of anilines is 1. The van der Waals surface area contributed by atoms with Gasteiger partial charge in [-0.3, -0.25) is 14.4 Å². The summed E-state index contributed by atoms with van der Waals surface area (Å²) in [6.07, 6.45) is 4.42. The molecule has 0 bridgehead atoms. The molecule has 0 saturated heterocycles. The van der Waals surface area contributed by atoms with Gasteiger partial charge < -0.3 is 16.0 Å². The fourth-order valence-electron chi connectivity index (χ4n) is 3.85. The average Bonchev–Trinajstić information content (AvgIpc) is 3.43. The molecule has 3 amide bonds. The summed E-state index contributed by atoms with van der Waals surface area (Å²) in [4.78, 5) is 37.6. The summed E-state index contributed by atoms with van der Waals surface area (Å²) in [6, 6.07) is 11.5. The first-order valence-electron chi connectivity index (χ1n) is 10.4. The maximum absolute atomic E-state index is 12.2. The van der Waals surface area contributed by atoms with E-state index in [9.17, 15) is 14.4 Å². The van der Waals surface area contributed by atoms with Gasteiger partial charge in [0.05, 0.1) is 6.54 Å². The highest BCUT2D eigenvalue weighted by atomic mass is 32.1. The van der Waals surface area contributed by atoms with Crippen molar-refractivity contribution in [3.63, 3.8) is 0 Å². The van der Waals surface area contributed by atoms with Crippen LogP contribution in [0.3, 0.4) is 0 Å². The molecule has 0 radical (unpaired) electrons. The second kappa shape index (κ2) is 9.89. The van der Waals surface area contributed by atoms with Crippen molar-refractivity contribution < 1.29 is 14.4 Å². The Labute approximate surface area is 181 Å². The lowest BCUT2D eigenvalue weighted by Crippen LogP contribution is -2.45. The summed E-state index contributed by atoms with van der Waals surface area (Å²) in [5.41, 5.74) is 1.69. The Bertz CT molecular complexity index is 870. The Balaban J connectivity index is 1.44. The number of carbonyl (C=O) groups is 3. The molecule has 0 aliphatic heterocycles. The van der Waals surface area contributed by atoms with Crippen LogP contribution in [0.1, 0.15) is 55.9 Å². The van der Waals surface area contributed by atoms with Crippen molar-refractivity contribution in [2.45, 2.75) is 50.9 Å². The Hall–Kier alpha value is -2.67. The third-order valence-electron chi connectivity index (χ3n) is 5.68. The number of carbonyl (C=O) groups excluding carboxylic acids is 3. The van der Waals surface area contributed by atoms with Crippen LogP contribution in [0.5, 0.6) is 0 Å². The molecular weight excluding hydrogens is 398 g/mol. The first-order valence-corrected chi connectivity index (χ1v) is 11.3. The number of rotatable bonds is 7. The lowest BCUT2D eigenvalue weighted by atomic mass is 9.84. The lowest BCUT2D eigenvalue weighted by molar-refractivity contribution is -0.136. The molecule has 1 aromatic heterocycles. The van der Waals surface area contributed by atoms with E-state index in [1.54, 1.807) is 23.5 Å². The number of hydrogen-bond donors (Lipinski definition) is 3. The van der Waals surface area contributed by atoms with E-state index >= 15 is 0 Å². The standard InChI is InChI=1S/C23H29N3O3S/c1-16(2)17-7-9-18(10-8-17)26-22(29)21(28)24-14-20(27)25-15-23(11-3-4-12-23)19-6-5-13-30-19/h5-10,13,16H,3-4,11-12,14-15H2,1-2H3,(H,24,28)(H,25,27)(H,26,29). The molecule has 1 aliphatic rings. The fourth-order valence-corrected chi connectivity index (χ4v) is 4.84. The van der Waals surface area contributed by atoms with E-state index in [-0.39, 0.29) is 17.9 Å². The number of hydrogen-bond acceptors (Lipinski definition) is 4.